The smallest absolute Gasteiger partial charge is 0.217 e. The zero-order valence-corrected chi connectivity index (χ0v) is 11.9. The second-order valence-electron chi connectivity index (χ2n) is 7.03. The van der Waals surface area contributed by atoms with E-state index in [1.54, 1.807) is 6.92 Å². The first-order chi connectivity index (χ1) is 8.35. The zero-order chi connectivity index (χ0) is 13.1. The Hall–Kier alpha value is -0.860. The molecule has 1 heterocycles. The number of carbonyl (C=O) groups is 1. The van der Waals surface area contributed by atoms with E-state index in [0.717, 1.165) is 5.92 Å². The van der Waals surface area contributed by atoms with E-state index in [4.69, 9.17) is 4.99 Å². The standard InChI is InChI=1S/C15H24N2O/c1-9-13-8-12-7-11(5-6-14(12,3)16-9)15(13,4)17-10(2)18/h11-13H,5-8H2,1-4H3,(H,17,18). The van der Waals surface area contributed by atoms with Crippen LogP contribution >= 0.6 is 0 Å². The molecule has 3 rings (SSSR count). The minimum absolute atomic E-state index is 0.0718. The Morgan fingerprint density at radius 3 is 2.72 bits per heavy atom. The lowest BCUT2D eigenvalue weighted by Gasteiger charge is -2.60. The number of aliphatic imine (C=N–C) groups is 1. The van der Waals surface area contributed by atoms with Gasteiger partial charge in [-0.25, -0.2) is 0 Å². The van der Waals surface area contributed by atoms with Gasteiger partial charge in [0.2, 0.25) is 5.91 Å². The SMILES string of the molecule is CC(=O)NC1(C)C2CCC3(C)N=C(C)C1CC3C2. The largest absolute Gasteiger partial charge is 0.350 e. The van der Waals surface area contributed by atoms with Gasteiger partial charge in [0.1, 0.15) is 0 Å². The molecule has 0 aromatic heterocycles. The second kappa shape index (κ2) is 3.58. The molecule has 0 saturated heterocycles. The Bertz CT molecular complexity index is 430. The van der Waals surface area contributed by atoms with Crippen LogP contribution in [0.15, 0.2) is 4.99 Å². The van der Waals surface area contributed by atoms with Crippen molar-refractivity contribution in [1.29, 1.82) is 0 Å². The van der Waals surface area contributed by atoms with Crippen molar-refractivity contribution in [3.8, 4) is 0 Å². The van der Waals surface area contributed by atoms with Crippen molar-refractivity contribution < 1.29 is 4.79 Å². The topological polar surface area (TPSA) is 41.5 Å². The molecule has 2 saturated carbocycles. The van der Waals surface area contributed by atoms with E-state index < -0.39 is 0 Å². The number of carbonyl (C=O) groups excluding carboxylic acids is 1. The van der Waals surface area contributed by atoms with Gasteiger partial charge in [-0.15, -0.1) is 0 Å². The van der Waals surface area contributed by atoms with Crippen LogP contribution < -0.4 is 5.32 Å². The van der Waals surface area contributed by atoms with Crippen LogP contribution in [0.5, 0.6) is 0 Å². The van der Waals surface area contributed by atoms with Gasteiger partial charge in [-0.3, -0.25) is 9.79 Å². The Kier molecular flexibility index (Phi) is 2.43. The highest BCUT2D eigenvalue weighted by atomic mass is 16.1. The second-order valence-corrected chi connectivity index (χ2v) is 7.03. The van der Waals surface area contributed by atoms with Crippen molar-refractivity contribution in [2.45, 2.75) is 64.5 Å². The van der Waals surface area contributed by atoms with Crippen LogP contribution in [0.3, 0.4) is 0 Å². The maximum absolute atomic E-state index is 11.6. The molecule has 2 fully saturated rings. The number of hydrogen-bond acceptors (Lipinski definition) is 2. The van der Waals surface area contributed by atoms with Crippen molar-refractivity contribution in [3.05, 3.63) is 0 Å². The maximum Gasteiger partial charge on any atom is 0.217 e. The number of fused-ring (bicyclic) bond motifs is 2. The first-order valence-electron chi connectivity index (χ1n) is 7.20. The van der Waals surface area contributed by atoms with Crippen molar-refractivity contribution in [1.82, 2.24) is 5.32 Å². The van der Waals surface area contributed by atoms with Crippen molar-refractivity contribution >= 4 is 11.6 Å². The minimum atomic E-state index is -0.0718. The summed E-state index contributed by atoms with van der Waals surface area (Å²) in [6.07, 6.45) is 4.83. The number of nitrogens with zero attached hydrogens (tertiary/aromatic N) is 1. The summed E-state index contributed by atoms with van der Waals surface area (Å²) >= 11 is 0. The molecule has 3 aliphatic rings. The minimum Gasteiger partial charge on any atom is -0.350 e. The zero-order valence-electron chi connectivity index (χ0n) is 11.9. The monoisotopic (exact) mass is 248 g/mol. The molecule has 1 N–H and O–H groups in total. The summed E-state index contributed by atoms with van der Waals surface area (Å²) in [6, 6.07) is 0. The maximum atomic E-state index is 11.6. The Labute approximate surface area is 109 Å². The summed E-state index contributed by atoms with van der Waals surface area (Å²) in [6.45, 7) is 8.37. The Morgan fingerprint density at radius 1 is 1.33 bits per heavy atom. The van der Waals surface area contributed by atoms with E-state index >= 15 is 0 Å². The van der Waals surface area contributed by atoms with E-state index in [2.05, 4.69) is 26.1 Å². The van der Waals surface area contributed by atoms with Gasteiger partial charge in [-0.2, -0.15) is 0 Å². The number of nitrogens with one attached hydrogen (secondary N) is 1. The third kappa shape index (κ3) is 1.49. The first-order valence-corrected chi connectivity index (χ1v) is 7.20. The predicted octanol–water partition coefficient (Wildman–Crippen LogP) is 2.55. The van der Waals surface area contributed by atoms with Crippen LogP contribution in [0.4, 0.5) is 0 Å². The fraction of sp³-hybridized carbons (Fsp3) is 0.867. The average Bonchev–Trinajstić information content (AvgIpc) is 2.25. The molecule has 2 aliphatic carbocycles. The van der Waals surface area contributed by atoms with Gasteiger partial charge >= 0.3 is 0 Å². The van der Waals surface area contributed by atoms with Crippen molar-refractivity contribution in [3.63, 3.8) is 0 Å². The number of rotatable bonds is 1. The van der Waals surface area contributed by atoms with Gasteiger partial charge in [-0.1, -0.05) is 0 Å². The highest BCUT2D eigenvalue weighted by Crippen LogP contribution is 2.56. The van der Waals surface area contributed by atoms with Gasteiger partial charge < -0.3 is 5.32 Å². The quantitative estimate of drug-likeness (QED) is 0.761. The summed E-state index contributed by atoms with van der Waals surface area (Å²) < 4.78 is 0. The molecule has 5 atom stereocenters. The van der Waals surface area contributed by atoms with Crippen LogP contribution in [0.2, 0.25) is 0 Å². The lowest BCUT2D eigenvalue weighted by Crippen LogP contribution is -2.66. The van der Waals surface area contributed by atoms with E-state index in [1.165, 1.54) is 31.4 Å². The van der Waals surface area contributed by atoms with Crippen LogP contribution in [0.25, 0.3) is 0 Å². The molecule has 3 heteroatoms. The highest BCUT2D eigenvalue weighted by Gasteiger charge is 2.57. The van der Waals surface area contributed by atoms with E-state index in [9.17, 15) is 4.79 Å². The molecule has 0 aromatic carbocycles. The van der Waals surface area contributed by atoms with Gasteiger partial charge in [-0.05, 0) is 58.3 Å². The molecule has 3 bridgehead atoms. The normalized spacial score (nSPS) is 49.8. The summed E-state index contributed by atoms with van der Waals surface area (Å²) in [5, 5.41) is 3.26. The molecule has 0 spiro atoms. The molecule has 1 aliphatic heterocycles. The summed E-state index contributed by atoms with van der Waals surface area (Å²) in [4.78, 5) is 16.6. The molecule has 5 unspecified atom stereocenters. The molecule has 3 nitrogen and oxygen atoms in total. The lowest BCUT2D eigenvalue weighted by molar-refractivity contribution is -0.123. The Morgan fingerprint density at radius 2 is 2.06 bits per heavy atom. The third-order valence-corrected chi connectivity index (χ3v) is 5.92. The van der Waals surface area contributed by atoms with Crippen molar-refractivity contribution in [2.75, 3.05) is 0 Å². The molecule has 100 valence electrons. The van der Waals surface area contributed by atoms with Crippen molar-refractivity contribution in [2.24, 2.45) is 22.7 Å². The molecule has 18 heavy (non-hydrogen) atoms. The molecular weight excluding hydrogens is 224 g/mol. The highest BCUT2D eigenvalue weighted by molar-refractivity contribution is 5.88. The fourth-order valence-corrected chi connectivity index (χ4v) is 4.90. The van der Waals surface area contributed by atoms with Crippen LogP contribution in [0, 0.1) is 17.8 Å². The number of amides is 1. The summed E-state index contributed by atoms with van der Waals surface area (Å²) in [5.74, 6) is 1.90. The molecule has 0 radical (unpaired) electrons. The van der Waals surface area contributed by atoms with Crippen LogP contribution in [0.1, 0.15) is 53.4 Å². The molecular formula is C15H24N2O. The van der Waals surface area contributed by atoms with Crippen LogP contribution in [-0.4, -0.2) is 22.7 Å². The van der Waals surface area contributed by atoms with E-state index in [1.807, 2.05) is 0 Å². The Balaban J connectivity index is 2.04. The van der Waals surface area contributed by atoms with E-state index in [0.29, 0.717) is 11.8 Å². The molecule has 0 aromatic rings. The third-order valence-electron chi connectivity index (χ3n) is 5.92. The molecule has 1 amide bonds. The van der Waals surface area contributed by atoms with Gasteiger partial charge in [0.05, 0.1) is 5.54 Å². The van der Waals surface area contributed by atoms with E-state index in [-0.39, 0.29) is 17.0 Å². The van der Waals surface area contributed by atoms with Crippen LogP contribution in [-0.2, 0) is 4.79 Å². The predicted molar refractivity (Wildman–Crippen MR) is 72.7 cm³/mol. The lowest BCUT2D eigenvalue weighted by atomic mass is 9.51. The average molecular weight is 248 g/mol. The fourth-order valence-electron chi connectivity index (χ4n) is 4.90. The first kappa shape index (κ1) is 12.2. The summed E-state index contributed by atoms with van der Waals surface area (Å²) in [7, 11) is 0. The van der Waals surface area contributed by atoms with Gasteiger partial charge in [0.15, 0.2) is 0 Å². The van der Waals surface area contributed by atoms with Gasteiger partial charge in [0.25, 0.3) is 0 Å². The van der Waals surface area contributed by atoms with Gasteiger partial charge in [0, 0.05) is 24.1 Å². The summed E-state index contributed by atoms with van der Waals surface area (Å²) in [5.41, 5.74) is 1.38. The number of hydrogen-bond donors (Lipinski definition) is 1.